The SMILES string of the molecule is C[C@@H](CN)NC(=O)C1C2CCCC21.Cl. The van der Waals surface area contributed by atoms with E-state index in [2.05, 4.69) is 5.32 Å². The molecule has 2 unspecified atom stereocenters. The fourth-order valence-corrected chi connectivity index (χ4v) is 2.61. The van der Waals surface area contributed by atoms with E-state index in [1.54, 1.807) is 0 Å². The third kappa shape index (κ3) is 2.04. The zero-order chi connectivity index (χ0) is 9.42. The van der Waals surface area contributed by atoms with Gasteiger partial charge in [0.1, 0.15) is 0 Å². The van der Waals surface area contributed by atoms with E-state index < -0.39 is 0 Å². The Morgan fingerprint density at radius 3 is 2.57 bits per heavy atom. The minimum absolute atomic E-state index is 0. The quantitative estimate of drug-likeness (QED) is 0.740. The Morgan fingerprint density at radius 1 is 1.50 bits per heavy atom. The summed E-state index contributed by atoms with van der Waals surface area (Å²) in [5, 5.41) is 2.96. The normalized spacial score (nSPS) is 35.4. The molecule has 0 bridgehead atoms. The van der Waals surface area contributed by atoms with Crippen LogP contribution in [0.4, 0.5) is 0 Å². The van der Waals surface area contributed by atoms with Crippen molar-refractivity contribution in [3.05, 3.63) is 0 Å². The lowest BCUT2D eigenvalue weighted by molar-refractivity contribution is -0.123. The smallest absolute Gasteiger partial charge is 0.223 e. The predicted molar refractivity (Wildman–Crippen MR) is 58.2 cm³/mol. The van der Waals surface area contributed by atoms with Crippen molar-refractivity contribution in [2.75, 3.05) is 6.54 Å². The molecule has 82 valence electrons. The zero-order valence-electron chi connectivity index (χ0n) is 8.53. The monoisotopic (exact) mass is 218 g/mol. The number of hydrogen-bond donors (Lipinski definition) is 2. The van der Waals surface area contributed by atoms with Crippen LogP contribution in [0.1, 0.15) is 26.2 Å². The van der Waals surface area contributed by atoms with Crippen molar-refractivity contribution in [2.24, 2.45) is 23.5 Å². The van der Waals surface area contributed by atoms with E-state index in [1.807, 2.05) is 6.92 Å². The molecule has 0 aromatic rings. The summed E-state index contributed by atoms with van der Waals surface area (Å²) in [7, 11) is 0. The first kappa shape index (κ1) is 11.8. The lowest BCUT2D eigenvalue weighted by Gasteiger charge is -2.11. The zero-order valence-corrected chi connectivity index (χ0v) is 9.35. The third-order valence-electron chi connectivity index (χ3n) is 3.45. The van der Waals surface area contributed by atoms with Gasteiger partial charge in [0.05, 0.1) is 0 Å². The van der Waals surface area contributed by atoms with Gasteiger partial charge in [-0.3, -0.25) is 4.79 Å². The van der Waals surface area contributed by atoms with Gasteiger partial charge in [-0.1, -0.05) is 6.42 Å². The predicted octanol–water partition coefficient (Wildman–Crippen LogP) is 0.918. The standard InChI is InChI=1S/C10H18N2O.ClH/c1-6(5-11)12-10(13)9-7-3-2-4-8(7)9;/h6-9H,2-5,11H2,1H3,(H,12,13);1H/t6-,7?,8?,9?;/m0./s1. The van der Waals surface area contributed by atoms with Crippen LogP contribution in [-0.2, 0) is 4.79 Å². The van der Waals surface area contributed by atoms with E-state index >= 15 is 0 Å². The van der Waals surface area contributed by atoms with Crippen molar-refractivity contribution in [3.8, 4) is 0 Å². The van der Waals surface area contributed by atoms with E-state index in [0.29, 0.717) is 24.3 Å². The molecule has 0 radical (unpaired) electrons. The minimum atomic E-state index is 0. The molecule has 2 saturated carbocycles. The number of halogens is 1. The highest BCUT2D eigenvalue weighted by Crippen LogP contribution is 2.57. The van der Waals surface area contributed by atoms with Gasteiger partial charge in [-0.05, 0) is 31.6 Å². The van der Waals surface area contributed by atoms with Crippen LogP contribution in [0.2, 0.25) is 0 Å². The van der Waals surface area contributed by atoms with Crippen molar-refractivity contribution < 1.29 is 4.79 Å². The highest BCUT2D eigenvalue weighted by atomic mass is 35.5. The fraction of sp³-hybridized carbons (Fsp3) is 0.900. The molecular formula is C10H19ClN2O. The first-order valence-corrected chi connectivity index (χ1v) is 5.24. The van der Waals surface area contributed by atoms with Crippen molar-refractivity contribution in [2.45, 2.75) is 32.2 Å². The highest BCUT2D eigenvalue weighted by Gasteiger charge is 2.56. The first-order chi connectivity index (χ1) is 6.24. The summed E-state index contributed by atoms with van der Waals surface area (Å²) in [6.07, 6.45) is 3.85. The maximum Gasteiger partial charge on any atom is 0.223 e. The molecule has 2 fully saturated rings. The van der Waals surface area contributed by atoms with E-state index in [9.17, 15) is 4.79 Å². The van der Waals surface area contributed by atoms with Gasteiger partial charge in [0, 0.05) is 18.5 Å². The summed E-state index contributed by atoms with van der Waals surface area (Å²) in [6.45, 7) is 2.49. The minimum Gasteiger partial charge on any atom is -0.352 e. The molecule has 4 heteroatoms. The van der Waals surface area contributed by atoms with Gasteiger partial charge >= 0.3 is 0 Å². The topological polar surface area (TPSA) is 55.1 Å². The molecule has 3 atom stereocenters. The molecule has 0 aromatic heterocycles. The molecule has 2 aliphatic rings. The van der Waals surface area contributed by atoms with Gasteiger partial charge in [-0.25, -0.2) is 0 Å². The Kier molecular flexibility index (Phi) is 3.78. The van der Waals surface area contributed by atoms with Crippen LogP contribution in [0, 0.1) is 17.8 Å². The van der Waals surface area contributed by atoms with Gasteiger partial charge in [-0.2, -0.15) is 0 Å². The van der Waals surface area contributed by atoms with Crippen molar-refractivity contribution in [3.63, 3.8) is 0 Å². The summed E-state index contributed by atoms with van der Waals surface area (Å²) in [5.74, 6) is 2.00. The molecule has 1 amide bonds. The van der Waals surface area contributed by atoms with E-state index in [4.69, 9.17) is 5.73 Å². The molecular weight excluding hydrogens is 200 g/mol. The molecule has 2 rings (SSSR count). The number of nitrogens with one attached hydrogen (secondary N) is 1. The van der Waals surface area contributed by atoms with Crippen LogP contribution in [0.5, 0.6) is 0 Å². The molecule has 3 N–H and O–H groups in total. The summed E-state index contributed by atoms with van der Waals surface area (Å²) in [6, 6.07) is 0.133. The van der Waals surface area contributed by atoms with Crippen LogP contribution in [0.15, 0.2) is 0 Å². The van der Waals surface area contributed by atoms with E-state index in [1.165, 1.54) is 19.3 Å². The van der Waals surface area contributed by atoms with E-state index in [0.717, 1.165) is 0 Å². The largest absolute Gasteiger partial charge is 0.352 e. The Morgan fingerprint density at radius 2 is 2.07 bits per heavy atom. The number of carbonyl (C=O) groups excluding carboxylic acids is 1. The van der Waals surface area contributed by atoms with Crippen molar-refractivity contribution in [1.82, 2.24) is 5.32 Å². The van der Waals surface area contributed by atoms with Gasteiger partial charge in [0.15, 0.2) is 0 Å². The van der Waals surface area contributed by atoms with Crippen LogP contribution in [0.25, 0.3) is 0 Å². The lowest BCUT2D eigenvalue weighted by atomic mass is 10.1. The van der Waals surface area contributed by atoms with Crippen LogP contribution >= 0.6 is 12.4 Å². The van der Waals surface area contributed by atoms with E-state index in [-0.39, 0.29) is 24.4 Å². The average molecular weight is 219 g/mol. The van der Waals surface area contributed by atoms with Gasteiger partial charge in [-0.15, -0.1) is 12.4 Å². The Balaban J connectivity index is 0.000000980. The number of hydrogen-bond acceptors (Lipinski definition) is 2. The summed E-state index contributed by atoms with van der Waals surface area (Å²) < 4.78 is 0. The summed E-state index contributed by atoms with van der Waals surface area (Å²) in [4.78, 5) is 11.6. The van der Waals surface area contributed by atoms with Crippen LogP contribution < -0.4 is 11.1 Å². The molecule has 2 aliphatic carbocycles. The molecule has 0 aliphatic heterocycles. The molecule has 0 heterocycles. The number of rotatable bonds is 3. The first-order valence-electron chi connectivity index (χ1n) is 5.24. The van der Waals surface area contributed by atoms with Crippen LogP contribution in [0.3, 0.4) is 0 Å². The van der Waals surface area contributed by atoms with Crippen molar-refractivity contribution in [1.29, 1.82) is 0 Å². The van der Waals surface area contributed by atoms with Crippen molar-refractivity contribution >= 4 is 18.3 Å². The molecule has 3 nitrogen and oxygen atoms in total. The number of nitrogens with two attached hydrogens (primary N) is 1. The maximum absolute atomic E-state index is 11.6. The Labute approximate surface area is 91.2 Å². The Hall–Kier alpha value is -0.280. The van der Waals surface area contributed by atoms with Gasteiger partial charge in [0.2, 0.25) is 5.91 Å². The number of carbonyl (C=O) groups is 1. The van der Waals surface area contributed by atoms with Crippen LogP contribution in [-0.4, -0.2) is 18.5 Å². The van der Waals surface area contributed by atoms with Gasteiger partial charge in [0.25, 0.3) is 0 Å². The second kappa shape index (κ2) is 4.49. The highest BCUT2D eigenvalue weighted by molar-refractivity contribution is 5.85. The number of amides is 1. The lowest BCUT2D eigenvalue weighted by Crippen LogP contribution is -2.39. The fourth-order valence-electron chi connectivity index (χ4n) is 2.61. The average Bonchev–Trinajstić information content (AvgIpc) is 2.61. The second-order valence-corrected chi connectivity index (χ2v) is 4.43. The molecule has 14 heavy (non-hydrogen) atoms. The molecule has 0 spiro atoms. The number of fused-ring (bicyclic) bond motifs is 1. The summed E-state index contributed by atoms with van der Waals surface area (Å²) in [5.41, 5.74) is 5.44. The molecule has 0 aromatic carbocycles. The third-order valence-corrected chi connectivity index (χ3v) is 3.45. The van der Waals surface area contributed by atoms with Gasteiger partial charge < -0.3 is 11.1 Å². The second-order valence-electron chi connectivity index (χ2n) is 4.43. The summed E-state index contributed by atoms with van der Waals surface area (Å²) >= 11 is 0. The maximum atomic E-state index is 11.6. The molecule has 0 saturated heterocycles. The Bertz CT molecular complexity index is 212.